The summed E-state index contributed by atoms with van der Waals surface area (Å²) < 4.78 is 0. The maximum Gasteiger partial charge on any atom is 0.0465 e. The lowest BCUT2D eigenvalue weighted by molar-refractivity contribution is 0.149. The second-order valence-electron chi connectivity index (χ2n) is 4.44. The van der Waals surface area contributed by atoms with E-state index in [1.165, 1.54) is 0 Å². The van der Waals surface area contributed by atoms with Crippen molar-refractivity contribution in [2.45, 2.75) is 25.9 Å². The molecule has 17 heavy (non-hydrogen) atoms. The van der Waals surface area contributed by atoms with Gasteiger partial charge in [0, 0.05) is 47.8 Å². The predicted molar refractivity (Wildman–Crippen MR) is 73.8 cm³/mol. The summed E-state index contributed by atoms with van der Waals surface area (Å²) in [4.78, 5) is 2.46. The molecule has 1 aromatic carbocycles. The van der Waals surface area contributed by atoms with Crippen molar-refractivity contribution in [1.82, 2.24) is 10.2 Å². The molecule has 1 N–H and O–H groups in total. The zero-order chi connectivity index (χ0) is 12.3. The number of nitrogens with one attached hydrogen (secondary N) is 1. The molecule has 2 rings (SSSR count). The van der Waals surface area contributed by atoms with Gasteiger partial charge in [-0.25, -0.2) is 0 Å². The first-order chi connectivity index (χ1) is 8.22. The van der Waals surface area contributed by atoms with E-state index < -0.39 is 0 Å². The van der Waals surface area contributed by atoms with Gasteiger partial charge in [0.1, 0.15) is 0 Å². The van der Waals surface area contributed by atoms with Gasteiger partial charge >= 0.3 is 0 Å². The van der Waals surface area contributed by atoms with Crippen LogP contribution in [0.25, 0.3) is 0 Å². The van der Waals surface area contributed by atoms with Crippen molar-refractivity contribution in [3.05, 3.63) is 33.8 Å². The first-order valence-electron chi connectivity index (χ1n) is 6.10. The first-order valence-corrected chi connectivity index (χ1v) is 6.85. The SMILES string of the molecule is CCC1CNCCN1Cc1c(Cl)cccc1Cl. The van der Waals surface area contributed by atoms with E-state index in [9.17, 15) is 0 Å². The minimum atomic E-state index is 0.580. The highest BCUT2D eigenvalue weighted by Crippen LogP contribution is 2.26. The number of piperazine rings is 1. The van der Waals surface area contributed by atoms with Crippen molar-refractivity contribution in [2.24, 2.45) is 0 Å². The summed E-state index contributed by atoms with van der Waals surface area (Å²) in [6.07, 6.45) is 1.15. The molecule has 4 heteroatoms. The van der Waals surface area contributed by atoms with Gasteiger partial charge in [0.25, 0.3) is 0 Å². The molecule has 0 amide bonds. The summed E-state index contributed by atoms with van der Waals surface area (Å²) in [5, 5.41) is 4.96. The van der Waals surface area contributed by atoms with Gasteiger partial charge in [-0.2, -0.15) is 0 Å². The lowest BCUT2D eigenvalue weighted by Gasteiger charge is -2.36. The number of hydrogen-bond donors (Lipinski definition) is 1. The van der Waals surface area contributed by atoms with E-state index in [1.54, 1.807) is 0 Å². The van der Waals surface area contributed by atoms with Crippen LogP contribution in [-0.4, -0.2) is 30.6 Å². The highest BCUT2D eigenvalue weighted by molar-refractivity contribution is 6.35. The van der Waals surface area contributed by atoms with Gasteiger partial charge in [-0.3, -0.25) is 4.90 Å². The third-order valence-corrected chi connectivity index (χ3v) is 4.07. The Balaban J connectivity index is 2.13. The van der Waals surface area contributed by atoms with E-state index >= 15 is 0 Å². The Kier molecular flexibility index (Phi) is 4.69. The molecule has 1 saturated heterocycles. The molecular formula is C13H18Cl2N2. The van der Waals surface area contributed by atoms with E-state index in [0.717, 1.165) is 48.2 Å². The Morgan fingerprint density at radius 3 is 2.71 bits per heavy atom. The number of rotatable bonds is 3. The fraction of sp³-hybridized carbons (Fsp3) is 0.538. The minimum absolute atomic E-state index is 0.580. The van der Waals surface area contributed by atoms with Crippen molar-refractivity contribution in [3.8, 4) is 0 Å². The zero-order valence-electron chi connectivity index (χ0n) is 10.0. The molecule has 1 aromatic rings. The minimum Gasteiger partial charge on any atom is -0.314 e. The van der Waals surface area contributed by atoms with Crippen LogP contribution in [0, 0.1) is 0 Å². The van der Waals surface area contributed by atoms with E-state index in [0.29, 0.717) is 6.04 Å². The molecule has 1 fully saturated rings. The topological polar surface area (TPSA) is 15.3 Å². The molecule has 0 spiro atoms. The van der Waals surface area contributed by atoms with Crippen LogP contribution in [0.2, 0.25) is 10.0 Å². The van der Waals surface area contributed by atoms with Crippen LogP contribution >= 0.6 is 23.2 Å². The Hall–Kier alpha value is -0.280. The lowest BCUT2D eigenvalue weighted by Crippen LogP contribution is -2.50. The summed E-state index contributed by atoms with van der Waals surface area (Å²) in [7, 11) is 0. The fourth-order valence-electron chi connectivity index (χ4n) is 2.30. The van der Waals surface area contributed by atoms with Gasteiger partial charge in [-0.15, -0.1) is 0 Å². The summed E-state index contributed by atoms with van der Waals surface area (Å²) in [6.45, 7) is 6.22. The van der Waals surface area contributed by atoms with Crippen LogP contribution in [0.1, 0.15) is 18.9 Å². The molecule has 94 valence electrons. The second-order valence-corrected chi connectivity index (χ2v) is 5.25. The van der Waals surface area contributed by atoms with Crippen LogP contribution < -0.4 is 5.32 Å². The Labute approximate surface area is 113 Å². The molecule has 1 heterocycles. The number of nitrogens with zero attached hydrogens (tertiary/aromatic N) is 1. The van der Waals surface area contributed by atoms with E-state index in [-0.39, 0.29) is 0 Å². The summed E-state index contributed by atoms with van der Waals surface area (Å²) in [6, 6.07) is 6.29. The second kappa shape index (κ2) is 6.05. The molecule has 0 radical (unpaired) electrons. The Morgan fingerprint density at radius 2 is 2.06 bits per heavy atom. The standard InChI is InChI=1S/C13H18Cl2N2/c1-2-10-8-16-6-7-17(10)9-11-12(14)4-3-5-13(11)15/h3-5,10,16H,2,6-9H2,1H3. The highest BCUT2D eigenvalue weighted by atomic mass is 35.5. The van der Waals surface area contributed by atoms with E-state index in [2.05, 4.69) is 17.1 Å². The molecule has 1 aliphatic rings. The predicted octanol–water partition coefficient (Wildman–Crippen LogP) is 3.18. The molecule has 2 nitrogen and oxygen atoms in total. The van der Waals surface area contributed by atoms with Gasteiger partial charge in [-0.05, 0) is 18.6 Å². The van der Waals surface area contributed by atoms with Crippen LogP contribution in [0.4, 0.5) is 0 Å². The average Bonchev–Trinajstić information content (AvgIpc) is 2.34. The van der Waals surface area contributed by atoms with Gasteiger partial charge in [0.15, 0.2) is 0 Å². The summed E-state index contributed by atoms with van der Waals surface area (Å²) in [5.74, 6) is 0. The maximum absolute atomic E-state index is 6.21. The smallest absolute Gasteiger partial charge is 0.0465 e. The molecule has 1 aliphatic heterocycles. The summed E-state index contributed by atoms with van der Waals surface area (Å²) >= 11 is 12.4. The van der Waals surface area contributed by atoms with Crippen molar-refractivity contribution in [1.29, 1.82) is 0 Å². The quantitative estimate of drug-likeness (QED) is 0.910. The van der Waals surface area contributed by atoms with E-state index in [1.807, 2.05) is 18.2 Å². The summed E-state index contributed by atoms with van der Waals surface area (Å²) in [5.41, 5.74) is 1.05. The monoisotopic (exact) mass is 272 g/mol. The third kappa shape index (κ3) is 3.14. The molecule has 0 bridgehead atoms. The van der Waals surface area contributed by atoms with Crippen molar-refractivity contribution in [2.75, 3.05) is 19.6 Å². The first kappa shape index (κ1) is 13.2. The largest absolute Gasteiger partial charge is 0.314 e. The van der Waals surface area contributed by atoms with Crippen LogP contribution in [0.3, 0.4) is 0 Å². The molecule has 0 saturated carbocycles. The molecular weight excluding hydrogens is 255 g/mol. The van der Waals surface area contributed by atoms with Crippen LogP contribution in [0.5, 0.6) is 0 Å². The van der Waals surface area contributed by atoms with Gasteiger partial charge < -0.3 is 5.32 Å². The third-order valence-electron chi connectivity index (χ3n) is 3.37. The van der Waals surface area contributed by atoms with Crippen molar-refractivity contribution in [3.63, 3.8) is 0 Å². The van der Waals surface area contributed by atoms with Crippen LogP contribution in [0.15, 0.2) is 18.2 Å². The molecule has 0 aromatic heterocycles. The van der Waals surface area contributed by atoms with Crippen molar-refractivity contribution < 1.29 is 0 Å². The van der Waals surface area contributed by atoms with Crippen LogP contribution in [-0.2, 0) is 6.54 Å². The lowest BCUT2D eigenvalue weighted by atomic mass is 10.1. The Morgan fingerprint density at radius 1 is 1.35 bits per heavy atom. The maximum atomic E-state index is 6.21. The zero-order valence-corrected chi connectivity index (χ0v) is 11.6. The van der Waals surface area contributed by atoms with Crippen molar-refractivity contribution >= 4 is 23.2 Å². The number of halogens is 2. The van der Waals surface area contributed by atoms with Gasteiger partial charge in [0.05, 0.1) is 0 Å². The van der Waals surface area contributed by atoms with Gasteiger partial charge in [-0.1, -0.05) is 36.2 Å². The normalized spacial score (nSPS) is 21.7. The van der Waals surface area contributed by atoms with Gasteiger partial charge in [0.2, 0.25) is 0 Å². The molecule has 1 atom stereocenters. The average molecular weight is 273 g/mol. The van der Waals surface area contributed by atoms with E-state index in [4.69, 9.17) is 23.2 Å². The number of hydrogen-bond acceptors (Lipinski definition) is 2. The highest BCUT2D eigenvalue weighted by Gasteiger charge is 2.21. The Bertz CT molecular complexity index is 361. The number of benzene rings is 1. The fourth-order valence-corrected chi connectivity index (χ4v) is 2.82. The molecule has 0 aliphatic carbocycles. The molecule has 1 unspecified atom stereocenters.